The Morgan fingerprint density at radius 1 is 0.944 bits per heavy atom. The summed E-state index contributed by atoms with van der Waals surface area (Å²) in [6.45, 7) is -1.88. The molecule has 9 nitrogen and oxygen atoms in total. The number of Topliss-reactive ketones (excluding diaryl/α,β-unsaturated/α-hetero) is 1. The summed E-state index contributed by atoms with van der Waals surface area (Å²) in [5.74, 6) is -0.546. The summed E-state index contributed by atoms with van der Waals surface area (Å²) >= 11 is 0. The van der Waals surface area contributed by atoms with E-state index >= 15 is 0 Å². The lowest BCUT2D eigenvalue weighted by Gasteiger charge is -2.22. The molecule has 0 unspecified atom stereocenters. The van der Waals surface area contributed by atoms with Gasteiger partial charge in [0.1, 0.15) is 37.6 Å². The Bertz CT molecular complexity index is 226. The van der Waals surface area contributed by atoms with Crippen molar-refractivity contribution in [3.63, 3.8) is 0 Å². The highest BCUT2D eigenvalue weighted by molar-refractivity contribution is 5.80. The molecule has 0 spiro atoms. The number of hydrogen-bond donors (Lipinski definition) is 7. The third-order valence-corrected chi connectivity index (χ3v) is 1.77. The SMILES string of the molecule is O=C(CO)CO.O=C[C@@H](O)[C@@H](O)[C@@H](O)[C@H](O)CO. The van der Waals surface area contributed by atoms with Crippen LogP contribution in [0.4, 0.5) is 0 Å². The molecule has 108 valence electrons. The molecule has 0 fully saturated rings. The van der Waals surface area contributed by atoms with E-state index in [1.54, 1.807) is 0 Å². The Morgan fingerprint density at radius 2 is 1.39 bits per heavy atom. The maximum Gasteiger partial charge on any atom is 0.183 e. The first-order valence-corrected chi connectivity index (χ1v) is 4.87. The highest BCUT2D eigenvalue weighted by Crippen LogP contribution is 2.02. The molecule has 0 aromatic heterocycles. The van der Waals surface area contributed by atoms with Crippen molar-refractivity contribution in [3.05, 3.63) is 0 Å². The average Bonchev–Trinajstić information content (AvgIpc) is 2.43. The maximum atomic E-state index is 9.90. The van der Waals surface area contributed by atoms with E-state index in [-0.39, 0.29) is 6.29 Å². The Hall–Kier alpha value is -0.940. The number of aliphatic hydroxyl groups excluding tert-OH is 7. The normalized spacial score (nSPS) is 16.8. The van der Waals surface area contributed by atoms with Gasteiger partial charge in [-0.15, -0.1) is 0 Å². The van der Waals surface area contributed by atoms with E-state index in [4.69, 9.17) is 35.7 Å². The van der Waals surface area contributed by atoms with Crippen molar-refractivity contribution in [1.29, 1.82) is 0 Å². The molecule has 0 saturated carbocycles. The summed E-state index contributed by atoms with van der Waals surface area (Å²) in [5, 5.41) is 59.2. The molecular formula is C9H18O9. The van der Waals surface area contributed by atoms with E-state index in [1.807, 2.05) is 0 Å². The Labute approximate surface area is 103 Å². The highest BCUT2D eigenvalue weighted by atomic mass is 16.4. The summed E-state index contributed by atoms with van der Waals surface area (Å²) in [6, 6.07) is 0. The molecule has 9 heteroatoms. The number of aliphatic hydroxyl groups is 7. The lowest BCUT2D eigenvalue weighted by Crippen LogP contribution is -2.46. The van der Waals surface area contributed by atoms with Gasteiger partial charge in [0.25, 0.3) is 0 Å². The van der Waals surface area contributed by atoms with Crippen LogP contribution in [-0.2, 0) is 9.59 Å². The minimum absolute atomic E-state index is 0.0258. The van der Waals surface area contributed by atoms with Gasteiger partial charge >= 0.3 is 0 Å². The Balaban J connectivity index is 0. The van der Waals surface area contributed by atoms with Crippen molar-refractivity contribution in [2.45, 2.75) is 24.4 Å². The quantitative estimate of drug-likeness (QED) is 0.224. The second-order valence-electron chi connectivity index (χ2n) is 3.21. The molecule has 0 rings (SSSR count). The van der Waals surface area contributed by atoms with E-state index < -0.39 is 50.0 Å². The molecule has 0 heterocycles. The second-order valence-corrected chi connectivity index (χ2v) is 3.21. The molecular weight excluding hydrogens is 252 g/mol. The van der Waals surface area contributed by atoms with Crippen molar-refractivity contribution in [2.75, 3.05) is 19.8 Å². The number of aldehydes is 1. The van der Waals surface area contributed by atoms with Gasteiger partial charge in [-0.1, -0.05) is 0 Å². The van der Waals surface area contributed by atoms with Crippen LogP contribution in [0, 0.1) is 0 Å². The first-order valence-electron chi connectivity index (χ1n) is 4.87. The summed E-state index contributed by atoms with van der Waals surface area (Å²) in [4.78, 5) is 19.6. The van der Waals surface area contributed by atoms with Crippen LogP contribution in [0.2, 0.25) is 0 Å². The molecule has 7 N–H and O–H groups in total. The van der Waals surface area contributed by atoms with Crippen molar-refractivity contribution in [2.24, 2.45) is 0 Å². The number of carbonyl (C=O) groups is 2. The van der Waals surface area contributed by atoms with Crippen LogP contribution in [0.25, 0.3) is 0 Å². The molecule has 0 bridgehead atoms. The zero-order valence-corrected chi connectivity index (χ0v) is 9.46. The van der Waals surface area contributed by atoms with Gasteiger partial charge in [0.05, 0.1) is 6.61 Å². The summed E-state index contributed by atoms with van der Waals surface area (Å²) in [6.07, 6.45) is -6.84. The third kappa shape index (κ3) is 8.20. The molecule has 0 aliphatic carbocycles. The number of carbonyl (C=O) groups excluding carboxylic acids is 2. The van der Waals surface area contributed by atoms with Gasteiger partial charge in [-0.2, -0.15) is 0 Å². The van der Waals surface area contributed by atoms with Crippen molar-refractivity contribution >= 4 is 12.1 Å². The fourth-order valence-electron chi connectivity index (χ4n) is 0.668. The van der Waals surface area contributed by atoms with Gasteiger partial charge in [0.2, 0.25) is 0 Å². The standard InChI is InChI=1S/C6H12O6.C3H6O3/c7-1-3(9)5(11)6(12)4(10)2-8;4-1-3(6)2-5/h1,3-6,8-12H,2H2;4-5H,1-2H2/t3-,4-,5-,6+;/m1./s1. The van der Waals surface area contributed by atoms with Gasteiger partial charge in [0.15, 0.2) is 12.1 Å². The van der Waals surface area contributed by atoms with Crippen LogP contribution >= 0.6 is 0 Å². The molecule has 0 saturated heterocycles. The smallest absolute Gasteiger partial charge is 0.183 e. The van der Waals surface area contributed by atoms with E-state index in [9.17, 15) is 9.59 Å². The van der Waals surface area contributed by atoms with Crippen molar-refractivity contribution < 1.29 is 45.3 Å². The molecule has 0 radical (unpaired) electrons. The van der Waals surface area contributed by atoms with Gasteiger partial charge < -0.3 is 40.5 Å². The van der Waals surface area contributed by atoms with Crippen LogP contribution in [0.3, 0.4) is 0 Å². The first-order chi connectivity index (χ1) is 8.35. The monoisotopic (exact) mass is 270 g/mol. The predicted molar refractivity (Wildman–Crippen MR) is 56.4 cm³/mol. The minimum atomic E-state index is -1.79. The minimum Gasteiger partial charge on any atom is -0.394 e. The average molecular weight is 270 g/mol. The first kappa shape index (κ1) is 19.4. The van der Waals surface area contributed by atoms with Crippen LogP contribution in [0.5, 0.6) is 0 Å². The van der Waals surface area contributed by atoms with Crippen LogP contribution in [0.15, 0.2) is 0 Å². The van der Waals surface area contributed by atoms with Crippen molar-refractivity contribution in [3.8, 4) is 0 Å². The largest absolute Gasteiger partial charge is 0.394 e. The molecule has 0 aliphatic heterocycles. The second kappa shape index (κ2) is 11.2. The molecule has 0 amide bonds. The van der Waals surface area contributed by atoms with E-state index in [0.717, 1.165) is 0 Å². The number of hydrogen-bond acceptors (Lipinski definition) is 9. The molecule has 0 aromatic rings. The molecule has 0 aliphatic rings. The summed E-state index contributed by atoms with van der Waals surface area (Å²) < 4.78 is 0. The lowest BCUT2D eigenvalue weighted by molar-refractivity contribution is -0.136. The van der Waals surface area contributed by atoms with Gasteiger partial charge in [-0.05, 0) is 0 Å². The lowest BCUT2D eigenvalue weighted by atomic mass is 10.0. The van der Waals surface area contributed by atoms with Crippen LogP contribution in [-0.4, -0.2) is 92.1 Å². The molecule has 4 atom stereocenters. The number of rotatable bonds is 7. The zero-order chi connectivity index (χ0) is 14.7. The maximum absolute atomic E-state index is 9.90. The van der Waals surface area contributed by atoms with E-state index in [2.05, 4.69) is 0 Å². The third-order valence-electron chi connectivity index (χ3n) is 1.77. The Morgan fingerprint density at radius 3 is 1.61 bits per heavy atom. The molecule has 18 heavy (non-hydrogen) atoms. The van der Waals surface area contributed by atoms with Gasteiger partial charge in [0, 0.05) is 0 Å². The van der Waals surface area contributed by atoms with Crippen LogP contribution in [0.1, 0.15) is 0 Å². The zero-order valence-electron chi connectivity index (χ0n) is 9.46. The van der Waals surface area contributed by atoms with Gasteiger partial charge in [-0.3, -0.25) is 4.79 Å². The van der Waals surface area contributed by atoms with Crippen molar-refractivity contribution in [1.82, 2.24) is 0 Å². The summed E-state index contributed by atoms with van der Waals surface area (Å²) in [7, 11) is 0. The Kier molecular flexibility index (Phi) is 12.0. The fourth-order valence-corrected chi connectivity index (χ4v) is 0.668. The number of ketones is 1. The van der Waals surface area contributed by atoms with Gasteiger partial charge in [-0.25, -0.2) is 0 Å². The topological polar surface area (TPSA) is 176 Å². The van der Waals surface area contributed by atoms with Crippen LogP contribution < -0.4 is 0 Å². The highest BCUT2D eigenvalue weighted by Gasteiger charge is 2.29. The summed E-state index contributed by atoms with van der Waals surface area (Å²) in [5.41, 5.74) is 0. The van der Waals surface area contributed by atoms with E-state index in [0.29, 0.717) is 0 Å². The fraction of sp³-hybridized carbons (Fsp3) is 0.778. The predicted octanol–water partition coefficient (Wildman–Crippen LogP) is -4.84. The van der Waals surface area contributed by atoms with E-state index in [1.165, 1.54) is 0 Å². The molecule has 0 aromatic carbocycles.